The van der Waals surface area contributed by atoms with Crippen LogP contribution in [0.25, 0.3) is 0 Å². The van der Waals surface area contributed by atoms with Gasteiger partial charge in [-0.3, -0.25) is 19.4 Å². The number of hydrogen-bond acceptors (Lipinski definition) is 6. The van der Waals surface area contributed by atoms with Crippen molar-refractivity contribution in [2.75, 3.05) is 26.2 Å². The molecule has 0 aliphatic heterocycles. The first kappa shape index (κ1) is 24.6. The van der Waals surface area contributed by atoms with Crippen molar-refractivity contribution in [3.8, 4) is 11.5 Å². The molecule has 0 radical (unpaired) electrons. The van der Waals surface area contributed by atoms with Gasteiger partial charge in [-0.25, -0.2) is 0 Å². The molecule has 0 aliphatic rings. The van der Waals surface area contributed by atoms with Gasteiger partial charge in [0.05, 0.1) is 13.1 Å². The molecule has 0 unspecified atom stereocenters. The monoisotopic (exact) mass is 640 g/mol. The van der Waals surface area contributed by atoms with E-state index in [1.807, 2.05) is 0 Å². The summed E-state index contributed by atoms with van der Waals surface area (Å²) in [6.07, 6.45) is 0. The first-order valence-corrected chi connectivity index (χ1v) is 11.1. The maximum Gasteiger partial charge on any atom is 0.317 e. The van der Waals surface area contributed by atoms with Crippen molar-refractivity contribution in [2.24, 2.45) is 0 Å². The zero-order chi connectivity index (χ0) is 22.3. The zero-order valence-corrected chi connectivity index (χ0v) is 20.3. The van der Waals surface area contributed by atoms with E-state index in [1.54, 1.807) is 46.2 Å². The van der Waals surface area contributed by atoms with E-state index in [2.05, 4.69) is 45.2 Å². The number of carboxylic acids is 2. The molecule has 0 aliphatic carbocycles. The number of benzene rings is 2. The van der Waals surface area contributed by atoms with Crippen molar-refractivity contribution >= 4 is 57.1 Å². The highest BCUT2D eigenvalue weighted by Gasteiger charge is 2.17. The van der Waals surface area contributed by atoms with Gasteiger partial charge >= 0.3 is 11.9 Å². The van der Waals surface area contributed by atoms with Crippen molar-refractivity contribution < 1.29 is 30.0 Å². The molecule has 0 amide bonds. The average Bonchev–Trinajstić information content (AvgIpc) is 2.64. The number of phenolic OH excluding ortho intramolecular Hbond substituents is 2. The van der Waals surface area contributed by atoms with Crippen LogP contribution in [-0.4, -0.2) is 68.3 Å². The Hall–Kier alpha value is -1.64. The van der Waals surface area contributed by atoms with Crippen LogP contribution in [0, 0.1) is 7.14 Å². The molecule has 0 spiro atoms. The fourth-order valence-electron chi connectivity index (χ4n) is 2.94. The number of carbonyl (C=O) groups is 2. The van der Waals surface area contributed by atoms with E-state index < -0.39 is 11.9 Å². The van der Waals surface area contributed by atoms with Crippen LogP contribution in [0.5, 0.6) is 11.5 Å². The molecule has 0 saturated carbocycles. The third kappa shape index (κ3) is 8.24. The van der Waals surface area contributed by atoms with Crippen molar-refractivity contribution in [1.29, 1.82) is 0 Å². The van der Waals surface area contributed by atoms with Gasteiger partial charge < -0.3 is 20.4 Å². The fourth-order valence-corrected chi connectivity index (χ4v) is 4.05. The van der Waals surface area contributed by atoms with Crippen LogP contribution >= 0.6 is 45.2 Å². The number of halogens is 2. The van der Waals surface area contributed by atoms with Crippen LogP contribution in [0.4, 0.5) is 0 Å². The van der Waals surface area contributed by atoms with Crippen LogP contribution < -0.4 is 0 Å². The van der Waals surface area contributed by atoms with E-state index in [1.165, 1.54) is 0 Å². The minimum Gasteiger partial charge on any atom is -0.508 e. The topological polar surface area (TPSA) is 122 Å². The van der Waals surface area contributed by atoms with E-state index in [4.69, 9.17) is 0 Å². The molecule has 0 fully saturated rings. The molecule has 0 saturated heterocycles. The van der Waals surface area contributed by atoms with Crippen molar-refractivity contribution in [3.63, 3.8) is 0 Å². The summed E-state index contributed by atoms with van der Waals surface area (Å²) < 4.78 is 1.83. The zero-order valence-electron chi connectivity index (χ0n) is 16.0. The van der Waals surface area contributed by atoms with E-state index in [0.29, 0.717) is 11.1 Å². The second-order valence-electron chi connectivity index (χ2n) is 6.75. The molecule has 0 atom stereocenters. The van der Waals surface area contributed by atoms with Gasteiger partial charge in [0.15, 0.2) is 0 Å². The van der Waals surface area contributed by atoms with E-state index in [9.17, 15) is 30.0 Å². The molecule has 2 aromatic rings. The van der Waals surface area contributed by atoms with E-state index >= 15 is 0 Å². The molecule has 8 nitrogen and oxygen atoms in total. The molecule has 2 aromatic carbocycles. The predicted molar refractivity (Wildman–Crippen MR) is 127 cm³/mol. The Kier molecular flexibility index (Phi) is 9.58. The van der Waals surface area contributed by atoms with Crippen LogP contribution in [0.1, 0.15) is 11.1 Å². The lowest BCUT2D eigenvalue weighted by Gasteiger charge is -2.26. The van der Waals surface area contributed by atoms with Gasteiger partial charge in [0.25, 0.3) is 0 Å². The molecule has 4 N–H and O–H groups in total. The molecule has 10 heteroatoms. The third-order valence-corrected chi connectivity index (χ3v) is 5.66. The molecule has 0 bridgehead atoms. The first-order chi connectivity index (χ1) is 14.1. The third-order valence-electron chi connectivity index (χ3n) is 4.32. The highest BCUT2D eigenvalue weighted by Crippen LogP contribution is 2.23. The number of phenols is 2. The lowest BCUT2D eigenvalue weighted by Crippen LogP contribution is -2.39. The Bertz CT molecular complexity index is 835. The molecule has 2 rings (SSSR count). The highest BCUT2D eigenvalue weighted by atomic mass is 127. The Morgan fingerprint density at radius 3 is 1.43 bits per heavy atom. The maximum absolute atomic E-state index is 11.3. The normalized spacial score (nSPS) is 11.2. The second-order valence-corrected chi connectivity index (χ2v) is 9.25. The van der Waals surface area contributed by atoms with Gasteiger partial charge in [0.2, 0.25) is 0 Å². The quantitative estimate of drug-likeness (QED) is 0.277. The predicted octanol–water partition coefficient (Wildman–Crippen LogP) is 2.78. The maximum atomic E-state index is 11.3. The number of carboxylic acid groups (broad SMARTS) is 2. The molecule has 0 aromatic heterocycles. The lowest BCUT2D eigenvalue weighted by atomic mass is 10.1. The van der Waals surface area contributed by atoms with E-state index in [-0.39, 0.29) is 50.8 Å². The van der Waals surface area contributed by atoms with E-state index in [0.717, 1.165) is 7.14 Å². The van der Waals surface area contributed by atoms with Gasteiger partial charge in [0, 0.05) is 44.4 Å². The van der Waals surface area contributed by atoms with Gasteiger partial charge in [-0.05, 0) is 81.6 Å². The summed E-state index contributed by atoms with van der Waals surface area (Å²) in [6, 6.07) is 10.2. The fraction of sp³-hybridized carbons (Fsp3) is 0.300. The highest BCUT2D eigenvalue weighted by molar-refractivity contribution is 14.1. The van der Waals surface area contributed by atoms with Gasteiger partial charge in [-0.1, -0.05) is 0 Å². The minimum absolute atomic E-state index is 0.0805. The van der Waals surface area contributed by atoms with Crippen LogP contribution in [-0.2, 0) is 22.7 Å². The van der Waals surface area contributed by atoms with Crippen LogP contribution in [0.15, 0.2) is 36.4 Å². The molecule has 30 heavy (non-hydrogen) atoms. The van der Waals surface area contributed by atoms with Crippen molar-refractivity contribution in [1.82, 2.24) is 9.80 Å². The Labute approximate surface area is 201 Å². The summed E-state index contributed by atoms with van der Waals surface area (Å²) in [5.41, 5.74) is 1.20. The van der Waals surface area contributed by atoms with Crippen LogP contribution in [0.3, 0.4) is 0 Å². The number of rotatable bonds is 11. The molecular weight excluding hydrogens is 618 g/mol. The Balaban J connectivity index is 2.13. The summed E-state index contributed by atoms with van der Waals surface area (Å²) in [6.45, 7) is 0.472. The summed E-state index contributed by atoms with van der Waals surface area (Å²) in [5, 5.41) is 38.6. The van der Waals surface area contributed by atoms with Gasteiger partial charge in [0.1, 0.15) is 11.5 Å². The van der Waals surface area contributed by atoms with Crippen LogP contribution in [0.2, 0.25) is 0 Å². The van der Waals surface area contributed by atoms with Gasteiger partial charge in [-0.2, -0.15) is 0 Å². The summed E-state index contributed by atoms with van der Waals surface area (Å²) in [7, 11) is 0. The number of nitrogens with zero attached hydrogens (tertiary/aromatic N) is 2. The standard InChI is InChI=1S/C20H22I2N2O6/c21-15-1-3-17(25)13(7-15)9-23(11-19(27)28)5-6-24(12-20(29)30)10-14-8-16(22)2-4-18(14)26/h1-4,7-8,25-26H,5-6,9-12H2,(H,27,28)(H,29,30). The summed E-state index contributed by atoms with van der Waals surface area (Å²) in [5.74, 6) is -1.87. The largest absolute Gasteiger partial charge is 0.508 e. The number of aromatic hydroxyl groups is 2. The van der Waals surface area contributed by atoms with Crippen molar-refractivity contribution in [3.05, 3.63) is 54.7 Å². The summed E-state index contributed by atoms with van der Waals surface area (Å²) in [4.78, 5) is 25.9. The SMILES string of the molecule is O=C(O)CN(CCN(CC(=O)O)Cc1cc(I)ccc1O)Cc1cc(I)ccc1O. The Morgan fingerprint density at radius 1 is 0.733 bits per heavy atom. The number of hydrogen-bond donors (Lipinski definition) is 4. The second kappa shape index (κ2) is 11.7. The summed E-state index contributed by atoms with van der Waals surface area (Å²) >= 11 is 4.23. The molecular formula is C20H22I2N2O6. The average molecular weight is 640 g/mol. The minimum atomic E-state index is -1.01. The lowest BCUT2D eigenvalue weighted by molar-refractivity contribution is -0.140. The number of aliphatic carboxylic acids is 2. The van der Waals surface area contributed by atoms with Gasteiger partial charge in [-0.15, -0.1) is 0 Å². The smallest absolute Gasteiger partial charge is 0.317 e. The molecule has 0 heterocycles. The first-order valence-electron chi connectivity index (χ1n) is 8.97. The van der Waals surface area contributed by atoms with Crippen molar-refractivity contribution in [2.45, 2.75) is 13.1 Å². The Morgan fingerprint density at radius 2 is 1.10 bits per heavy atom. The molecule has 162 valence electrons.